The van der Waals surface area contributed by atoms with Gasteiger partial charge in [0.15, 0.2) is 0 Å². The van der Waals surface area contributed by atoms with Crippen LogP contribution in [0.15, 0.2) is 0 Å². The second-order valence-corrected chi connectivity index (χ2v) is 3.98. The molecule has 5 heteroatoms. The van der Waals surface area contributed by atoms with Crippen molar-refractivity contribution in [3.05, 3.63) is 0 Å². The first-order valence-electron chi connectivity index (χ1n) is 5.16. The van der Waals surface area contributed by atoms with Crippen LogP contribution in [-0.2, 0) is 4.79 Å². The molecule has 0 spiro atoms. The highest BCUT2D eigenvalue weighted by Gasteiger charge is 2.50. The van der Waals surface area contributed by atoms with E-state index in [9.17, 15) is 22.4 Å². The van der Waals surface area contributed by atoms with Crippen molar-refractivity contribution in [3.63, 3.8) is 0 Å². The zero-order chi connectivity index (χ0) is 11.5. The number of carbonyl (C=O) groups excluding carboxylic acids is 1. The molecule has 0 saturated heterocycles. The zero-order valence-electron chi connectivity index (χ0n) is 8.32. The van der Waals surface area contributed by atoms with Gasteiger partial charge in [-0.2, -0.15) is 8.78 Å². The summed E-state index contributed by atoms with van der Waals surface area (Å²) < 4.78 is 49.4. The Morgan fingerprint density at radius 2 is 1.53 bits per heavy atom. The molecule has 0 aromatic heterocycles. The van der Waals surface area contributed by atoms with Crippen LogP contribution in [0.4, 0.5) is 17.6 Å². The number of halogens is 4. The summed E-state index contributed by atoms with van der Waals surface area (Å²) in [7, 11) is 0. The molecule has 1 saturated carbocycles. The first-order valence-corrected chi connectivity index (χ1v) is 5.16. The fourth-order valence-electron chi connectivity index (χ4n) is 1.92. The average Bonchev–Trinajstić information content (AvgIpc) is 2.44. The molecular weight excluding hydrogens is 212 g/mol. The summed E-state index contributed by atoms with van der Waals surface area (Å²) in [4.78, 5) is 11.2. The summed E-state index contributed by atoms with van der Waals surface area (Å²) in [6.07, 6.45) is -0.102. The van der Waals surface area contributed by atoms with Crippen molar-refractivity contribution in [2.45, 2.75) is 50.9 Å². The molecule has 0 amide bonds. The number of rotatable bonds is 3. The Morgan fingerprint density at radius 1 is 1.07 bits per heavy atom. The Balaban J connectivity index is 2.65. The van der Waals surface area contributed by atoms with Gasteiger partial charge in [0.1, 0.15) is 0 Å². The van der Waals surface area contributed by atoms with Crippen LogP contribution in [0.2, 0.25) is 0 Å². The van der Waals surface area contributed by atoms with Gasteiger partial charge in [0.05, 0.1) is 0 Å². The maximum Gasteiger partial charge on any atom is 0.364 e. The molecule has 0 heterocycles. The topological polar surface area (TPSA) is 17.1 Å². The lowest BCUT2D eigenvalue weighted by Crippen LogP contribution is -2.40. The van der Waals surface area contributed by atoms with E-state index >= 15 is 0 Å². The number of ketones is 1. The molecule has 0 radical (unpaired) electrons. The second kappa shape index (κ2) is 4.94. The number of hydrogen-bond donors (Lipinski definition) is 0. The minimum atomic E-state index is -4.46. The zero-order valence-corrected chi connectivity index (χ0v) is 8.32. The molecular formula is C10H14F4O. The minimum absolute atomic E-state index is 0.321. The van der Waals surface area contributed by atoms with E-state index in [1.807, 2.05) is 0 Å². The fourth-order valence-corrected chi connectivity index (χ4v) is 1.92. The molecule has 0 N–H and O–H groups in total. The number of Topliss-reactive ketones (excluding diaryl/α,β-unsaturated/α-hetero) is 1. The lowest BCUT2D eigenvalue weighted by Gasteiger charge is -2.19. The highest BCUT2D eigenvalue weighted by atomic mass is 19.3. The number of alkyl halides is 4. The maximum absolute atomic E-state index is 12.8. The number of carbonyl (C=O) groups is 1. The Morgan fingerprint density at radius 3 is 1.93 bits per heavy atom. The van der Waals surface area contributed by atoms with Crippen LogP contribution in [-0.4, -0.2) is 18.1 Å². The minimum Gasteiger partial charge on any atom is -0.292 e. The van der Waals surface area contributed by atoms with Crippen molar-refractivity contribution >= 4 is 5.78 Å². The average molecular weight is 226 g/mol. The lowest BCUT2D eigenvalue weighted by atomic mass is 9.92. The molecule has 0 unspecified atom stereocenters. The van der Waals surface area contributed by atoms with Crippen LogP contribution in [0.5, 0.6) is 0 Å². The van der Waals surface area contributed by atoms with Gasteiger partial charge in [-0.3, -0.25) is 4.79 Å². The van der Waals surface area contributed by atoms with Crippen molar-refractivity contribution in [2.75, 3.05) is 0 Å². The quantitative estimate of drug-likeness (QED) is 0.532. The molecule has 1 nitrogen and oxygen atoms in total. The molecule has 0 aromatic carbocycles. The first kappa shape index (κ1) is 12.5. The molecule has 0 atom stereocenters. The van der Waals surface area contributed by atoms with E-state index in [-0.39, 0.29) is 0 Å². The third-order valence-electron chi connectivity index (χ3n) is 2.83. The van der Waals surface area contributed by atoms with Gasteiger partial charge in [-0.25, -0.2) is 8.78 Å². The second-order valence-electron chi connectivity index (χ2n) is 3.98. The van der Waals surface area contributed by atoms with E-state index in [2.05, 4.69) is 0 Å². The summed E-state index contributed by atoms with van der Waals surface area (Å²) in [5, 5.41) is 0. The van der Waals surface area contributed by atoms with E-state index in [4.69, 9.17) is 0 Å². The highest BCUT2D eigenvalue weighted by molar-refractivity contribution is 5.88. The Labute approximate surface area is 85.8 Å². The molecule has 1 rings (SSSR count). The summed E-state index contributed by atoms with van der Waals surface area (Å²) in [5.41, 5.74) is 0. The van der Waals surface area contributed by atoms with E-state index in [1.54, 1.807) is 0 Å². The third-order valence-corrected chi connectivity index (χ3v) is 2.83. The van der Waals surface area contributed by atoms with Crippen molar-refractivity contribution < 1.29 is 22.4 Å². The van der Waals surface area contributed by atoms with Crippen LogP contribution in [0, 0.1) is 5.92 Å². The van der Waals surface area contributed by atoms with Gasteiger partial charge in [0.2, 0.25) is 5.78 Å². The van der Waals surface area contributed by atoms with Gasteiger partial charge in [-0.1, -0.05) is 25.7 Å². The highest BCUT2D eigenvalue weighted by Crippen LogP contribution is 2.33. The maximum atomic E-state index is 12.8. The summed E-state index contributed by atoms with van der Waals surface area (Å²) in [5.74, 6) is -6.91. The fraction of sp³-hybridized carbons (Fsp3) is 0.900. The molecule has 88 valence electrons. The Hall–Kier alpha value is -0.610. The standard InChI is InChI=1S/C10H14F4O/c11-9(12)10(13,14)8(15)7-5-3-1-2-4-6-7/h7,9H,1-6H2. The SMILES string of the molecule is O=C(C1CCCCCC1)C(F)(F)C(F)F. The monoisotopic (exact) mass is 226 g/mol. The van der Waals surface area contributed by atoms with Crippen LogP contribution < -0.4 is 0 Å². The molecule has 1 aliphatic carbocycles. The summed E-state index contributed by atoms with van der Waals surface area (Å²) >= 11 is 0. The summed E-state index contributed by atoms with van der Waals surface area (Å²) in [6, 6.07) is 0. The van der Waals surface area contributed by atoms with E-state index < -0.39 is 24.0 Å². The van der Waals surface area contributed by atoms with Crippen LogP contribution >= 0.6 is 0 Å². The van der Waals surface area contributed by atoms with E-state index in [0.717, 1.165) is 12.8 Å². The Bertz CT molecular complexity index is 219. The van der Waals surface area contributed by atoms with Crippen LogP contribution in [0.1, 0.15) is 38.5 Å². The molecule has 0 bridgehead atoms. The van der Waals surface area contributed by atoms with Crippen molar-refractivity contribution in [2.24, 2.45) is 5.92 Å². The molecule has 1 fully saturated rings. The van der Waals surface area contributed by atoms with Gasteiger partial charge < -0.3 is 0 Å². The van der Waals surface area contributed by atoms with Gasteiger partial charge >= 0.3 is 12.3 Å². The molecule has 15 heavy (non-hydrogen) atoms. The van der Waals surface area contributed by atoms with Gasteiger partial charge in [-0.05, 0) is 12.8 Å². The predicted octanol–water partition coefficient (Wildman–Crippen LogP) is 3.43. The third kappa shape index (κ3) is 2.92. The largest absolute Gasteiger partial charge is 0.364 e. The first-order chi connectivity index (χ1) is 6.96. The predicted molar refractivity (Wildman–Crippen MR) is 47.2 cm³/mol. The van der Waals surface area contributed by atoms with Crippen molar-refractivity contribution in [3.8, 4) is 0 Å². The van der Waals surface area contributed by atoms with Gasteiger partial charge in [0.25, 0.3) is 0 Å². The van der Waals surface area contributed by atoms with E-state index in [1.165, 1.54) is 0 Å². The molecule has 1 aliphatic rings. The normalized spacial score (nSPS) is 20.3. The smallest absolute Gasteiger partial charge is 0.292 e. The molecule has 0 aromatic rings. The van der Waals surface area contributed by atoms with Crippen LogP contribution in [0.3, 0.4) is 0 Å². The van der Waals surface area contributed by atoms with Crippen molar-refractivity contribution in [1.29, 1.82) is 0 Å². The Kier molecular flexibility index (Phi) is 4.11. The van der Waals surface area contributed by atoms with Gasteiger partial charge in [-0.15, -0.1) is 0 Å². The summed E-state index contributed by atoms with van der Waals surface area (Å²) in [6.45, 7) is 0. The van der Waals surface area contributed by atoms with Crippen molar-refractivity contribution in [1.82, 2.24) is 0 Å². The van der Waals surface area contributed by atoms with E-state index in [0.29, 0.717) is 25.7 Å². The van der Waals surface area contributed by atoms with Gasteiger partial charge in [0, 0.05) is 5.92 Å². The van der Waals surface area contributed by atoms with Crippen LogP contribution in [0.25, 0.3) is 0 Å². The molecule has 0 aliphatic heterocycles. The lowest BCUT2D eigenvalue weighted by molar-refractivity contribution is -0.171. The number of hydrogen-bond acceptors (Lipinski definition) is 1.